The van der Waals surface area contributed by atoms with Crippen LogP contribution >= 0.6 is 0 Å². The molecule has 1 aliphatic heterocycles. The molecule has 0 bridgehead atoms. The molecule has 6 heteroatoms. The first-order valence-corrected chi connectivity index (χ1v) is 9.64. The first-order chi connectivity index (χ1) is 12.6. The van der Waals surface area contributed by atoms with Crippen LogP contribution in [0.5, 0.6) is 0 Å². The smallest absolute Gasteiger partial charge is 0.230 e. The molecule has 0 radical (unpaired) electrons. The van der Waals surface area contributed by atoms with Crippen molar-refractivity contribution >= 4 is 22.8 Å². The highest BCUT2D eigenvalue weighted by atomic mass is 15.4. The zero-order chi connectivity index (χ0) is 18.1. The third-order valence-corrected chi connectivity index (χ3v) is 5.67. The molecule has 1 aromatic heterocycles. The molecule has 0 amide bonds. The van der Waals surface area contributed by atoms with E-state index in [0.29, 0.717) is 12.0 Å². The Bertz CT molecular complexity index is 830. The molecular formula is C20H28N6. The fourth-order valence-corrected chi connectivity index (χ4v) is 4.15. The van der Waals surface area contributed by atoms with Crippen LogP contribution in [-0.2, 0) is 0 Å². The highest BCUT2D eigenvalue weighted by Gasteiger charge is 2.28. The maximum Gasteiger partial charge on any atom is 0.230 e. The van der Waals surface area contributed by atoms with Crippen LogP contribution in [0, 0.1) is 19.8 Å². The van der Waals surface area contributed by atoms with E-state index < -0.39 is 0 Å². The van der Waals surface area contributed by atoms with Gasteiger partial charge in [-0.25, -0.2) is 15.0 Å². The Labute approximate surface area is 155 Å². The monoisotopic (exact) mass is 352 g/mol. The van der Waals surface area contributed by atoms with Crippen LogP contribution in [0.2, 0.25) is 0 Å². The molecule has 1 fully saturated rings. The lowest BCUT2D eigenvalue weighted by molar-refractivity contribution is 0.107. The quantitative estimate of drug-likeness (QED) is 0.867. The molecule has 138 valence electrons. The van der Waals surface area contributed by atoms with E-state index in [1.807, 2.05) is 13.0 Å². The number of fused-ring (bicyclic) bond motifs is 1. The molecular weight excluding hydrogens is 324 g/mol. The van der Waals surface area contributed by atoms with Crippen LogP contribution in [0.15, 0.2) is 23.2 Å². The summed E-state index contributed by atoms with van der Waals surface area (Å²) in [6.45, 7) is 8.04. The zero-order valence-corrected chi connectivity index (χ0v) is 15.9. The van der Waals surface area contributed by atoms with Gasteiger partial charge < -0.3 is 5.32 Å². The lowest BCUT2D eigenvalue weighted by Gasteiger charge is -2.39. The molecule has 2 heterocycles. The number of hydrogen-bond donors (Lipinski definition) is 2. The molecule has 26 heavy (non-hydrogen) atoms. The van der Waals surface area contributed by atoms with Gasteiger partial charge >= 0.3 is 0 Å². The third kappa shape index (κ3) is 3.51. The third-order valence-electron chi connectivity index (χ3n) is 5.67. The maximum absolute atomic E-state index is 4.68. The predicted molar refractivity (Wildman–Crippen MR) is 106 cm³/mol. The van der Waals surface area contributed by atoms with Crippen molar-refractivity contribution in [3.8, 4) is 0 Å². The molecule has 1 aromatic carbocycles. The van der Waals surface area contributed by atoms with Gasteiger partial charge in [0.1, 0.15) is 0 Å². The number of nitrogens with one attached hydrogen (secondary N) is 2. The Hall–Kier alpha value is -2.21. The molecule has 1 saturated carbocycles. The molecule has 1 aliphatic carbocycles. The highest BCUT2D eigenvalue weighted by molar-refractivity contribution is 5.93. The van der Waals surface area contributed by atoms with Crippen LogP contribution in [0.1, 0.15) is 43.9 Å². The van der Waals surface area contributed by atoms with Crippen molar-refractivity contribution in [1.29, 1.82) is 0 Å². The van der Waals surface area contributed by atoms with Crippen molar-refractivity contribution in [3.05, 3.63) is 29.5 Å². The number of aryl methyl sites for hydroxylation is 2. The first-order valence-electron chi connectivity index (χ1n) is 9.64. The molecule has 2 aromatic rings. The maximum atomic E-state index is 4.68. The standard InChI is InChI=1S/C20H28N6/c1-13-8-9-17-16(10-13)15(3)23-20(24-17)25-19-21-11-26(12-22-19)18-7-5-4-6-14(18)2/h8-10,14,18H,4-7,11-12H2,1-3H3,(H2,21,22,23,24,25)/t14-,18-/m0/s1. The van der Waals surface area contributed by atoms with E-state index in [4.69, 9.17) is 0 Å². The minimum absolute atomic E-state index is 0.601. The molecule has 2 aliphatic rings. The van der Waals surface area contributed by atoms with Crippen molar-refractivity contribution in [2.75, 3.05) is 18.7 Å². The molecule has 0 saturated heterocycles. The van der Waals surface area contributed by atoms with E-state index in [2.05, 4.69) is 56.5 Å². The van der Waals surface area contributed by atoms with Crippen LogP contribution in [0.3, 0.4) is 0 Å². The second-order valence-corrected chi connectivity index (χ2v) is 7.68. The predicted octanol–water partition coefficient (Wildman–Crippen LogP) is 3.41. The second kappa shape index (κ2) is 7.19. The highest BCUT2D eigenvalue weighted by Crippen LogP contribution is 2.28. The van der Waals surface area contributed by atoms with Crippen molar-refractivity contribution in [3.63, 3.8) is 0 Å². The topological polar surface area (TPSA) is 65.4 Å². The summed E-state index contributed by atoms with van der Waals surface area (Å²) in [4.78, 5) is 16.4. The first kappa shape index (κ1) is 17.2. The Balaban J connectivity index is 1.46. The minimum Gasteiger partial charge on any atom is -0.343 e. The average Bonchev–Trinajstić information content (AvgIpc) is 2.64. The van der Waals surface area contributed by atoms with Crippen LogP contribution in [0.25, 0.3) is 10.9 Å². The van der Waals surface area contributed by atoms with Gasteiger partial charge in [-0.1, -0.05) is 31.4 Å². The zero-order valence-electron chi connectivity index (χ0n) is 15.9. The summed E-state index contributed by atoms with van der Waals surface area (Å²) in [7, 11) is 0. The molecule has 2 atom stereocenters. The number of aromatic nitrogens is 2. The summed E-state index contributed by atoms with van der Waals surface area (Å²) >= 11 is 0. The number of guanidine groups is 1. The minimum atomic E-state index is 0.601. The van der Waals surface area contributed by atoms with Gasteiger partial charge in [0.05, 0.1) is 24.5 Å². The van der Waals surface area contributed by atoms with Crippen LogP contribution < -0.4 is 10.6 Å². The summed E-state index contributed by atoms with van der Waals surface area (Å²) < 4.78 is 0. The van der Waals surface area contributed by atoms with Crippen LogP contribution in [-0.4, -0.2) is 40.2 Å². The van der Waals surface area contributed by atoms with Crippen molar-refractivity contribution in [1.82, 2.24) is 20.2 Å². The Morgan fingerprint density at radius 1 is 1.15 bits per heavy atom. The fourth-order valence-electron chi connectivity index (χ4n) is 4.15. The van der Waals surface area contributed by atoms with E-state index in [1.165, 1.54) is 31.2 Å². The molecule has 0 spiro atoms. The summed E-state index contributed by atoms with van der Waals surface area (Å²) in [5.41, 5.74) is 3.16. The molecule has 2 N–H and O–H groups in total. The van der Waals surface area contributed by atoms with Gasteiger partial charge in [-0.05, 0) is 44.7 Å². The van der Waals surface area contributed by atoms with Crippen molar-refractivity contribution in [2.24, 2.45) is 10.9 Å². The van der Waals surface area contributed by atoms with Crippen molar-refractivity contribution in [2.45, 2.75) is 52.5 Å². The van der Waals surface area contributed by atoms with Gasteiger partial charge in [-0.2, -0.15) is 0 Å². The number of anilines is 1. The summed E-state index contributed by atoms with van der Waals surface area (Å²) in [6, 6.07) is 6.91. The van der Waals surface area contributed by atoms with Gasteiger partial charge in [0.25, 0.3) is 0 Å². The number of nitrogens with zero attached hydrogens (tertiary/aromatic N) is 4. The summed E-state index contributed by atoms with van der Waals surface area (Å²) in [5, 5.41) is 7.75. The van der Waals surface area contributed by atoms with Gasteiger partial charge in [0.15, 0.2) is 0 Å². The number of hydrogen-bond acceptors (Lipinski definition) is 6. The summed E-state index contributed by atoms with van der Waals surface area (Å²) in [6.07, 6.45) is 5.32. The van der Waals surface area contributed by atoms with Gasteiger partial charge in [0, 0.05) is 11.4 Å². The largest absolute Gasteiger partial charge is 0.343 e. The molecule has 6 nitrogen and oxygen atoms in total. The molecule has 4 rings (SSSR count). The second-order valence-electron chi connectivity index (χ2n) is 7.68. The van der Waals surface area contributed by atoms with E-state index in [1.54, 1.807) is 0 Å². The van der Waals surface area contributed by atoms with Gasteiger partial charge in [0.2, 0.25) is 11.9 Å². The lowest BCUT2D eigenvalue weighted by Crippen LogP contribution is -2.52. The van der Waals surface area contributed by atoms with Crippen molar-refractivity contribution < 1.29 is 0 Å². The van der Waals surface area contributed by atoms with Crippen LogP contribution in [0.4, 0.5) is 5.95 Å². The average molecular weight is 352 g/mol. The van der Waals surface area contributed by atoms with E-state index in [-0.39, 0.29) is 0 Å². The van der Waals surface area contributed by atoms with E-state index in [9.17, 15) is 0 Å². The number of benzene rings is 1. The Morgan fingerprint density at radius 2 is 2.00 bits per heavy atom. The SMILES string of the molecule is Cc1ccc2nc(NC3=NCN([C@H]4CCCC[C@@H]4C)CN3)nc(C)c2c1. The normalized spacial score (nSPS) is 24.2. The van der Waals surface area contributed by atoms with E-state index >= 15 is 0 Å². The Kier molecular flexibility index (Phi) is 4.76. The lowest BCUT2D eigenvalue weighted by atomic mass is 9.85. The fraction of sp³-hybridized carbons (Fsp3) is 0.550. The molecule has 0 unspecified atom stereocenters. The van der Waals surface area contributed by atoms with E-state index in [0.717, 1.165) is 41.8 Å². The summed E-state index contributed by atoms with van der Waals surface area (Å²) in [5.74, 6) is 2.12. The van der Waals surface area contributed by atoms with Gasteiger partial charge in [-0.15, -0.1) is 0 Å². The Morgan fingerprint density at radius 3 is 2.77 bits per heavy atom. The number of aliphatic imine (C=N–C) groups is 1. The number of rotatable bonds is 2. The van der Waals surface area contributed by atoms with Gasteiger partial charge in [-0.3, -0.25) is 10.2 Å².